The molecule has 1 rings (SSSR count). The third-order valence-electron chi connectivity index (χ3n) is 2.01. The first-order chi connectivity index (χ1) is 6.89. The van der Waals surface area contributed by atoms with E-state index >= 15 is 0 Å². The molecule has 4 heteroatoms. The van der Waals surface area contributed by atoms with Gasteiger partial charge in [-0.3, -0.25) is 0 Å². The van der Waals surface area contributed by atoms with Gasteiger partial charge in [0.05, 0.1) is 11.8 Å². The SMILES string of the molecule is CC(O)CNc1cc(C(C)(C)C)ncn1. The smallest absolute Gasteiger partial charge is 0.129 e. The minimum atomic E-state index is -0.377. The third kappa shape index (κ3) is 3.83. The van der Waals surface area contributed by atoms with Crippen molar-refractivity contribution in [2.45, 2.75) is 39.2 Å². The second kappa shape index (κ2) is 4.57. The molecule has 0 aliphatic carbocycles. The predicted molar refractivity (Wildman–Crippen MR) is 60.9 cm³/mol. The van der Waals surface area contributed by atoms with Gasteiger partial charge >= 0.3 is 0 Å². The zero-order valence-corrected chi connectivity index (χ0v) is 9.78. The molecule has 1 unspecified atom stereocenters. The molecule has 4 nitrogen and oxygen atoms in total. The summed E-state index contributed by atoms with van der Waals surface area (Å²) in [6, 6.07) is 1.92. The molecular weight excluding hydrogens is 190 g/mol. The molecule has 0 bridgehead atoms. The van der Waals surface area contributed by atoms with Crippen LogP contribution in [0.2, 0.25) is 0 Å². The van der Waals surface area contributed by atoms with Crippen LogP contribution in [0.25, 0.3) is 0 Å². The molecule has 0 fully saturated rings. The van der Waals surface area contributed by atoms with Crippen LogP contribution < -0.4 is 5.32 Å². The molecule has 1 atom stereocenters. The van der Waals surface area contributed by atoms with Gasteiger partial charge in [0.1, 0.15) is 12.1 Å². The summed E-state index contributed by atoms with van der Waals surface area (Å²) >= 11 is 0. The molecule has 0 saturated heterocycles. The first-order valence-corrected chi connectivity index (χ1v) is 5.14. The molecule has 0 saturated carbocycles. The number of aromatic nitrogens is 2. The molecule has 2 N–H and O–H groups in total. The molecule has 0 amide bonds. The van der Waals surface area contributed by atoms with Gasteiger partial charge in [-0.1, -0.05) is 20.8 Å². The van der Waals surface area contributed by atoms with Gasteiger partial charge in [-0.15, -0.1) is 0 Å². The van der Waals surface area contributed by atoms with Crippen molar-refractivity contribution in [3.05, 3.63) is 18.1 Å². The highest BCUT2D eigenvalue weighted by molar-refractivity contribution is 5.36. The number of aliphatic hydroxyl groups excluding tert-OH is 1. The average Bonchev–Trinajstić information content (AvgIpc) is 2.14. The topological polar surface area (TPSA) is 58.0 Å². The van der Waals surface area contributed by atoms with Gasteiger partial charge in [-0.05, 0) is 6.92 Å². The van der Waals surface area contributed by atoms with E-state index in [4.69, 9.17) is 5.11 Å². The molecule has 0 spiro atoms. The summed E-state index contributed by atoms with van der Waals surface area (Å²) < 4.78 is 0. The quantitative estimate of drug-likeness (QED) is 0.793. The van der Waals surface area contributed by atoms with Crippen molar-refractivity contribution in [3.8, 4) is 0 Å². The van der Waals surface area contributed by atoms with Crippen molar-refractivity contribution in [2.24, 2.45) is 0 Å². The molecule has 1 heterocycles. The van der Waals surface area contributed by atoms with Crippen LogP contribution in [0.5, 0.6) is 0 Å². The molecule has 1 aromatic heterocycles. The highest BCUT2D eigenvalue weighted by Crippen LogP contribution is 2.20. The highest BCUT2D eigenvalue weighted by atomic mass is 16.3. The van der Waals surface area contributed by atoms with Gasteiger partial charge in [0.15, 0.2) is 0 Å². The Bertz CT molecular complexity index is 318. The van der Waals surface area contributed by atoms with E-state index in [0.717, 1.165) is 11.5 Å². The van der Waals surface area contributed by atoms with E-state index in [2.05, 4.69) is 36.1 Å². The zero-order valence-electron chi connectivity index (χ0n) is 9.78. The molecular formula is C11H19N3O. The number of hydrogen-bond acceptors (Lipinski definition) is 4. The first-order valence-electron chi connectivity index (χ1n) is 5.14. The van der Waals surface area contributed by atoms with Crippen LogP contribution in [0, 0.1) is 0 Å². The van der Waals surface area contributed by atoms with E-state index in [0.29, 0.717) is 6.54 Å². The summed E-state index contributed by atoms with van der Waals surface area (Å²) in [5.41, 5.74) is 1.01. The number of hydrogen-bond donors (Lipinski definition) is 2. The summed E-state index contributed by atoms with van der Waals surface area (Å²) in [5, 5.41) is 12.2. The van der Waals surface area contributed by atoms with Crippen molar-refractivity contribution < 1.29 is 5.11 Å². The zero-order chi connectivity index (χ0) is 11.5. The standard InChI is InChI=1S/C11H19N3O/c1-8(15)6-12-10-5-9(11(2,3)4)13-7-14-10/h5,7-8,15H,6H2,1-4H3,(H,12,13,14). The van der Waals surface area contributed by atoms with Crippen LogP contribution in [0.1, 0.15) is 33.4 Å². The maximum Gasteiger partial charge on any atom is 0.129 e. The summed E-state index contributed by atoms with van der Waals surface area (Å²) in [5.74, 6) is 0.760. The number of rotatable bonds is 3. The van der Waals surface area contributed by atoms with Gasteiger partial charge in [-0.25, -0.2) is 9.97 Å². The lowest BCUT2D eigenvalue weighted by atomic mass is 9.92. The Morgan fingerprint density at radius 1 is 1.40 bits per heavy atom. The van der Waals surface area contributed by atoms with Crippen LogP contribution in [0.4, 0.5) is 5.82 Å². The van der Waals surface area contributed by atoms with E-state index in [-0.39, 0.29) is 11.5 Å². The Balaban J connectivity index is 2.75. The Morgan fingerprint density at radius 2 is 2.07 bits per heavy atom. The van der Waals surface area contributed by atoms with E-state index in [9.17, 15) is 0 Å². The molecule has 0 aromatic carbocycles. The maximum atomic E-state index is 9.14. The molecule has 84 valence electrons. The normalized spacial score (nSPS) is 13.7. The van der Waals surface area contributed by atoms with Crippen molar-refractivity contribution in [2.75, 3.05) is 11.9 Å². The van der Waals surface area contributed by atoms with Crippen molar-refractivity contribution in [1.29, 1.82) is 0 Å². The lowest BCUT2D eigenvalue weighted by Crippen LogP contribution is -2.18. The van der Waals surface area contributed by atoms with Gasteiger partial charge in [0.25, 0.3) is 0 Å². The van der Waals surface area contributed by atoms with Crippen molar-refractivity contribution in [1.82, 2.24) is 9.97 Å². The second-order valence-electron chi connectivity index (χ2n) is 4.77. The lowest BCUT2D eigenvalue weighted by Gasteiger charge is -2.18. The monoisotopic (exact) mass is 209 g/mol. The van der Waals surface area contributed by atoms with Crippen LogP contribution >= 0.6 is 0 Å². The van der Waals surface area contributed by atoms with E-state index < -0.39 is 0 Å². The molecule has 1 aromatic rings. The molecule has 15 heavy (non-hydrogen) atoms. The Hall–Kier alpha value is -1.16. The van der Waals surface area contributed by atoms with E-state index in [1.807, 2.05) is 6.07 Å². The van der Waals surface area contributed by atoms with Crippen LogP contribution in [-0.4, -0.2) is 27.7 Å². The summed E-state index contributed by atoms with van der Waals surface area (Å²) in [4.78, 5) is 8.32. The Kier molecular flexibility index (Phi) is 3.63. The fraction of sp³-hybridized carbons (Fsp3) is 0.636. The van der Waals surface area contributed by atoms with Crippen molar-refractivity contribution >= 4 is 5.82 Å². The van der Waals surface area contributed by atoms with E-state index in [1.165, 1.54) is 0 Å². The molecule has 0 aliphatic rings. The second-order valence-corrected chi connectivity index (χ2v) is 4.77. The predicted octanol–water partition coefficient (Wildman–Crippen LogP) is 1.57. The minimum Gasteiger partial charge on any atom is -0.392 e. The fourth-order valence-corrected chi connectivity index (χ4v) is 1.12. The third-order valence-corrected chi connectivity index (χ3v) is 2.01. The fourth-order valence-electron chi connectivity index (χ4n) is 1.12. The van der Waals surface area contributed by atoms with Gasteiger partial charge in [-0.2, -0.15) is 0 Å². The largest absolute Gasteiger partial charge is 0.392 e. The molecule has 0 aliphatic heterocycles. The average molecular weight is 209 g/mol. The Morgan fingerprint density at radius 3 is 2.60 bits per heavy atom. The van der Waals surface area contributed by atoms with Gasteiger partial charge in [0.2, 0.25) is 0 Å². The number of nitrogens with zero attached hydrogens (tertiary/aromatic N) is 2. The van der Waals surface area contributed by atoms with Crippen LogP contribution in [0.15, 0.2) is 12.4 Å². The van der Waals surface area contributed by atoms with Crippen LogP contribution in [0.3, 0.4) is 0 Å². The summed E-state index contributed by atoms with van der Waals surface area (Å²) in [6.07, 6.45) is 1.17. The first kappa shape index (κ1) is 11.9. The highest BCUT2D eigenvalue weighted by Gasteiger charge is 2.15. The number of anilines is 1. The summed E-state index contributed by atoms with van der Waals surface area (Å²) in [7, 11) is 0. The summed E-state index contributed by atoms with van der Waals surface area (Å²) in [6.45, 7) is 8.55. The number of nitrogens with one attached hydrogen (secondary N) is 1. The maximum absolute atomic E-state index is 9.14. The lowest BCUT2D eigenvalue weighted by molar-refractivity contribution is 0.208. The van der Waals surface area contributed by atoms with E-state index in [1.54, 1.807) is 13.3 Å². The van der Waals surface area contributed by atoms with Gasteiger partial charge < -0.3 is 10.4 Å². The van der Waals surface area contributed by atoms with Crippen molar-refractivity contribution in [3.63, 3.8) is 0 Å². The van der Waals surface area contributed by atoms with Crippen LogP contribution in [-0.2, 0) is 5.41 Å². The minimum absolute atomic E-state index is 0.0181. The Labute approximate surface area is 90.8 Å². The van der Waals surface area contributed by atoms with Gasteiger partial charge in [0, 0.05) is 18.0 Å². The number of aliphatic hydroxyl groups is 1. The molecule has 0 radical (unpaired) electrons.